The summed E-state index contributed by atoms with van der Waals surface area (Å²) in [7, 11) is 0. The van der Waals surface area contributed by atoms with Crippen molar-refractivity contribution in [3.63, 3.8) is 0 Å². The zero-order valence-corrected chi connectivity index (χ0v) is 14.4. The van der Waals surface area contributed by atoms with Gasteiger partial charge in [-0.2, -0.15) is 0 Å². The van der Waals surface area contributed by atoms with Crippen molar-refractivity contribution in [3.8, 4) is 5.75 Å². The molecule has 5 nitrogen and oxygen atoms in total. The van der Waals surface area contributed by atoms with E-state index in [0.717, 1.165) is 17.3 Å². The first kappa shape index (κ1) is 17.3. The minimum Gasteiger partial charge on any atom is -0.425 e. The highest BCUT2D eigenvalue weighted by molar-refractivity contribution is 8.18. The maximum atomic E-state index is 12.0. The first-order chi connectivity index (χ1) is 12.0. The first-order valence-electron chi connectivity index (χ1n) is 7.30. The molecule has 0 saturated carbocycles. The topological polar surface area (TPSA) is 72.5 Å². The average molecular weight is 374 g/mol. The van der Waals surface area contributed by atoms with E-state index in [1.54, 1.807) is 24.3 Å². The molecule has 1 fully saturated rings. The fraction of sp³-hybridized carbons (Fsp3) is 0.0556. The fourth-order valence-electron chi connectivity index (χ4n) is 2.18. The number of benzene rings is 2. The van der Waals surface area contributed by atoms with E-state index in [0.29, 0.717) is 5.56 Å². The Morgan fingerprint density at radius 3 is 2.56 bits per heavy atom. The molecule has 126 valence electrons. The third kappa shape index (κ3) is 4.49. The van der Waals surface area contributed by atoms with Gasteiger partial charge in [0.25, 0.3) is 11.1 Å². The molecule has 2 aromatic carbocycles. The predicted molar refractivity (Wildman–Crippen MR) is 96.3 cm³/mol. The number of hydrogen-bond donors (Lipinski definition) is 1. The summed E-state index contributed by atoms with van der Waals surface area (Å²) in [5, 5.41) is 2.01. The number of amides is 2. The molecule has 1 N–H and O–H groups in total. The Labute approximate surface area is 153 Å². The van der Waals surface area contributed by atoms with Crippen molar-refractivity contribution >= 4 is 46.6 Å². The Balaban J connectivity index is 1.70. The van der Waals surface area contributed by atoms with Gasteiger partial charge >= 0.3 is 5.97 Å². The second-order valence-corrected chi connectivity index (χ2v) is 6.60. The summed E-state index contributed by atoms with van der Waals surface area (Å²) in [6.45, 7) is 0. The Morgan fingerprint density at radius 1 is 1.16 bits per heavy atom. The lowest BCUT2D eigenvalue weighted by Gasteiger charge is -2.07. The summed E-state index contributed by atoms with van der Waals surface area (Å²) in [5.74, 6) is -0.621. The molecule has 25 heavy (non-hydrogen) atoms. The second-order valence-electron chi connectivity index (χ2n) is 5.18. The van der Waals surface area contributed by atoms with Crippen LogP contribution in [0.5, 0.6) is 5.75 Å². The molecule has 3 rings (SSSR count). The van der Waals surface area contributed by atoms with E-state index >= 15 is 0 Å². The minimum atomic E-state index is -0.440. The fourth-order valence-corrected chi connectivity index (χ4v) is 3.09. The van der Waals surface area contributed by atoms with Crippen LogP contribution in [-0.2, 0) is 16.0 Å². The lowest BCUT2D eigenvalue weighted by atomic mass is 10.1. The molecule has 0 aliphatic carbocycles. The molecule has 1 aliphatic rings. The third-order valence-corrected chi connectivity index (χ3v) is 4.42. The van der Waals surface area contributed by atoms with Gasteiger partial charge in [-0.05, 0) is 41.1 Å². The van der Waals surface area contributed by atoms with Crippen LogP contribution in [0, 0.1) is 0 Å². The molecule has 0 atom stereocenters. The molecule has 0 spiro atoms. The lowest BCUT2D eigenvalue weighted by molar-refractivity contribution is -0.133. The quantitative estimate of drug-likeness (QED) is 0.501. The molecule has 2 amide bonds. The van der Waals surface area contributed by atoms with Gasteiger partial charge in [0.05, 0.1) is 16.3 Å². The van der Waals surface area contributed by atoms with Gasteiger partial charge in [0, 0.05) is 0 Å². The van der Waals surface area contributed by atoms with E-state index in [4.69, 9.17) is 16.3 Å². The van der Waals surface area contributed by atoms with Crippen molar-refractivity contribution in [2.75, 3.05) is 0 Å². The van der Waals surface area contributed by atoms with Crippen molar-refractivity contribution < 1.29 is 19.1 Å². The summed E-state index contributed by atoms with van der Waals surface area (Å²) in [6, 6.07) is 14.0. The van der Waals surface area contributed by atoms with E-state index in [-0.39, 0.29) is 22.1 Å². The number of thioether (sulfide) groups is 1. The van der Waals surface area contributed by atoms with Gasteiger partial charge < -0.3 is 4.74 Å². The maximum absolute atomic E-state index is 12.0. The molecule has 1 saturated heterocycles. The number of hydrogen-bond acceptors (Lipinski definition) is 5. The monoisotopic (exact) mass is 373 g/mol. The second kappa shape index (κ2) is 7.55. The van der Waals surface area contributed by atoms with Crippen molar-refractivity contribution in [1.29, 1.82) is 0 Å². The Bertz CT molecular complexity index is 880. The molecular weight excluding hydrogens is 362 g/mol. The molecule has 7 heteroatoms. The predicted octanol–water partition coefficient (Wildman–Crippen LogP) is 3.81. The molecule has 0 aromatic heterocycles. The number of esters is 1. The average Bonchev–Trinajstić information content (AvgIpc) is 2.88. The molecule has 0 radical (unpaired) electrons. The highest BCUT2D eigenvalue weighted by atomic mass is 35.5. The standard InChI is InChI=1S/C18H12ClNO4S/c19-13-8-12(9-15-17(22)20-18(23)25-15)6-7-14(13)24-16(21)10-11-4-2-1-3-5-11/h1-9H,10H2,(H,20,22,23). The number of carbonyl (C=O) groups excluding carboxylic acids is 3. The van der Waals surface area contributed by atoms with Crippen LogP contribution >= 0.6 is 23.4 Å². The maximum Gasteiger partial charge on any atom is 0.315 e. The molecule has 0 bridgehead atoms. The number of halogens is 1. The Hall–Kier alpha value is -2.57. The van der Waals surface area contributed by atoms with E-state index < -0.39 is 17.1 Å². The lowest BCUT2D eigenvalue weighted by Crippen LogP contribution is -2.17. The van der Waals surface area contributed by atoms with Gasteiger partial charge in [-0.25, -0.2) is 0 Å². The SMILES string of the molecule is O=C(Cc1ccccc1)Oc1ccc(C=C2SC(=O)NC2=O)cc1Cl. The normalized spacial score (nSPS) is 15.3. The van der Waals surface area contributed by atoms with Crippen LogP contribution in [0.25, 0.3) is 6.08 Å². The van der Waals surface area contributed by atoms with Crippen LogP contribution in [0.1, 0.15) is 11.1 Å². The number of imide groups is 1. The van der Waals surface area contributed by atoms with Crippen molar-refractivity contribution in [2.24, 2.45) is 0 Å². The van der Waals surface area contributed by atoms with Crippen LogP contribution in [0.15, 0.2) is 53.4 Å². The summed E-state index contributed by atoms with van der Waals surface area (Å²) < 4.78 is 5.28. The van der Waals surface area contributed by atoms with Gasteiger partial charge in [0.2, 0.25) is 0 Å². The highest BCUT2D eigenvalue weighted by Crippen LogP contribution is 2.30. The molecule has 2 aromatic rings. The number of ether oxygens (including phenoxy) is 1. The Morgan fingerprint density at radius 2 is 1.92 bits per heavy atom. The van der Waals surface area contributed by atoms with Gasteiger partial charge in [0.15, 0.2) is 0 Å². The molecule has 1 heterocycles. The smallest absolute Gasteiger partial charge is 0.315 e. The highest BCUT2D eigenvalue weighted by Gasteiger charge is 2.25. The zero-order chi connectivity index (χ0) is 17.8. The van der Waals surface area contributed by atoms with Gasteiger partial charge in [-0.3, -0.25) is 19.7 Å². The summed E-state index contributed by atoms with van der Waals surface area (Å²) in [5.41, 5.74) is 1.47. The van der Waals surface area contributed by atoms with Crippen molar-refractivity contribution in [2.45, 2.75) is 6.42 Å². The molecule has 1 aliphatic heterocycles. The van der Waals surface area contributed by atoms with Gasteiger partial charge in [-0.1, -0.05) is 48.0 Å². The summed E-state index contributed by atoms with van der Waals surface area (Å²) in [4.78, 5) is 35.0. The van der Waals surface area contributed by atoms with Crippen LogP contribution in [0.2, 0.25) is 5.02 Å². The van der Waals surface area contributed by atoms with Gasteiger partial charge in [-0.15, -0.1) is 0 Å². The van der Waals surface area contributed by atoms with Crippen molar-refractivity contribution in [1.82, 2.24) is 5.32 Å². The van der Waals surface area contributed by atoms with Crippen LogP contribution in [0.3, 0.4) is 0 Å². The van der Waals surface area contributed by atoms with E-state index in [9.17, 15) is 14.4 Å². The van der Waals surface area contributed by atoms with Crippen molar-refractivity contribution in [3.05, 3.63) is 69.6 Å². The zero-order valence-electron chi connectivity index (χ0n) is 12.8. The number of rotatable bonds is 4. The van der Waals surface area contributed by atoms with Crippen LogP contribution < -0.4 is 10.1 Å². The summed E-state index contributed by atoms with van der Waals surface area (Å²) in [6.07, 6.45) is 1.69. The van der Waals surface area contributed by atoms with Crippen LogP contribution in [-0.4, -0.2) is 17.1 Å². The summed E-state index contributed by atoms with van der Waals surface area (Å²) >= 11 is 6.97. The molecular formula is C18H12ClNO4S. The first-order valence-corrected chi connectivity index (χ1v) is 8.50. The van der Waals surface area contributed by atoms with Gasteiger partial charge in [0.1, 0.15) is 5.75 Å². The van der Waals surface area contributed by atoms with E-state index in [1.165, 1.54) is 0 Å². The largest absolute Gasteiger partial charge is 0.425 e. The third-order valence-electron chi connectivity index (χ3n) is 3.31. The van der Waals surface area contributed by atoms with Crippen LogP contribution in [0.4, 0.5) is 4.79 Å². The molecule has 0 unspecified atom stereocenters. The Kier molecular flexibility index (Phi) is 5.21. The van der Waals surface area contributed by atoms with E-state index in [2.05, 4.69) is 5.32 Å². The number of nitrogens with one attached hydrogen (secondary N) is 1. The number of carbonyl (C=O) groups is 3. The van der Waals surface area contributed by atoms with E-state index in [1.807, 2.05) is 30.3 Å². The minimum absolute atomic E-state index is 0.141.